The molecule has 1 unspecified atom stereocenters. The van der Waals surface area contributed by atoms with Crippen LogP contribution in [0.1, 0.15) is 54.7 Å². The van der Waals surface area contributed by atoms with Crippen LogP contribution in [0.4, 0.5) is 5.69 Å². The summed E-state index contributed by atoms with van der Waals surface area (Å²) in [5.41, 5.74) is 1.37. The molecule has 1 atom stereocenters. The molecule has 0 bridgehead atoms. The van der Waals surface area contributed by atoms with Crippen molar-refractivity contribution >= 4 is 23.2 Å². The van der Waals surface area contributed by atoms with E-state index in [0.717, 1.165) is 17.3 Å². The van der Waals surface area contributed by atoms with Crippen LogP contribution in [0.3, 0.4) is 0 Å². The van der Waals surface area contributed by atoms with Gasteiger partial charge < -0.3 is 14.8 Å². The van der Waals surface area contributed by atoms with Crippen LogP contribution < -0.4 is 5.32 Å². The molecule has 0 aliphatic carbocycles. The highest BCUT2D eigenvalue weighted by molar-refractivity contribution is 6.34. The number of anilines is 1. The van der Waals surface area contributed by atoms with E-state index in [-0.39, 0.29) is 11.9 Å². The topological polar surface area (TPSA) is 63.1 Å². The van der Waals surface area contributed by atoms with Crippen molar-refractivity contribution in [2.75, 3.05) is 18.9 Å². The summed E-state index contributed by atoms with van der Waals surface area (Å²) in [5, 5.41) is 12.1. The molecule has 0 radical (unpaired) electrons. The standard InChI is InChI=1S/C17H22ClN5O/c1-10(2)15-20-21-16-11(3)22(7-8-23(15)16)17(24)13-9-12(19-4)5-6-14(13)18/h5-6,9-11,19H,7-8H2,1-4H3. The van der Waals surface area contributed by atoms with Crippen molar-refractivity contribution in [1.29, 1.82) is 0 Å². The van der Waals surface area contributed by atoms with E-state index < -0.39 is 0 Å². The Morgan fingerprint density at radius 2 is 2.08 bits per heavy atom. The summed E-state index contributed by atoms with van der Waals surface area (Å²) in [5.74, 6) is 2.03. The average Bonchev–Trinajstić information content (AvgIpc) is 3.00. The van der Waals surface area contributed by atoms with Gasteiger partial charge in [-0.25, -0.2) is 0 Å². The number of aromatic nitrogens is 3. The van der Waals surface area contributed by atoms with Crippen molar-refractivity contribution in [2.45, 2.75) is 39.3 Å². The molecule has 1 aromatic carbocycles. The predicted molar refractivity (Wildman–Crippen MR) is 94.6 cm³/mol. The van der Waals surface area contributed by atoms with Crippen LogP contribution in [0, 0.1) is 0 Å². The summed E-state index contributed by atoms with van der Waals surface area (Å²) < 4.78 is 2.13. The lowest BCUT2D eigenvalue weighted by Crippen LogP contribution is -2.41. The van der Waals surface area contributed by atoms with E-state index in [0.29, 0.717) is 29.6 Å². The second-order valence-electron chi connectivity index (χ2n) is 6.34. The average molecular weight is 348 g/mol. The molecule has 0 saturated heterocycles. The fourth-order valence-electron chi connectivity index (χ4n) is 3.11. The second-order valence-corrected chi connectivity index (χ2v) is 6.75. The monoisotopic (exact) mass is 347 g/mol. The number of nitrogens with one attached hydrogen (secondary N) is 1. The number of hydrogen-bond acceptors (Lipinski definition) is 4. The maximum absolute atomic E-state index is 13.0. The third-order valence-corrected chi connectivity index (χ3v) is 4.81. The van der Waals surface area contributed by atoms with Crippen molar-refractivity contribution < 1.29 is 4.79 Å². The van der Waals surface area contributed by atoms with E-state index in [1.165, 1.54) is 0 Å². The third-order valence-electron chi connectivity index (χ3n) is 4.48. The molecule has 0 spiro atoms. The molecule has 2 aromatic rings. The largest absolute Gasteiger partial charge is 0.388 e. The Hall–Kier alpha value is -2.08. The minimum atomic E-state index is -0.138. The molecule has 7 heteroatoms. The van der Waals surface area contributed by atoms with Crippen LogP contribution in [-0.4, -0.2) is 39.2 Å². The highest BCUT2D eigenvalue weighted by Gasteiger charge is 2.32. The summed E-state index contributed by atoms with van der Waals surface area (Å²) in [6, 6.07) is 5.25. The molecule has 0 fully saturated rings. The zero-order chi connectivity index (χ0) is 17.4. The van der Waals surface area contributed by atoms with Gasteiger partial charge in [0.15, 0.2) is 5.82 Å². The van der Waals surface area contributed by atoms with Gasteiger partial charge in [0.25, 0.3) is 5.91 Å². The lowest BCUT2D eigenvalue weighted by Gasteiger charge is -2.34. The molecule has 1 aromatic heterocycles. The van der Waals surface area contributed by atoms with E-state index in [9.17, 15) is 4.79 Å². The SMILES string of the molecule is CNc1ccc(Cl)c(C(=O)N2CCn3c(C(C)C)nnc3C2C)c1. The van der Waals surface area contributed by atoms with Crippen molar-refractivity contribution in [1.82, 2.24) is 19.7 Å². The zero-order valence-corrected chi connectivity index (χ0v) is 15.1. The first-order chi connectivity index (χ1) is 11.4. The van der Waals surface area contributed by atoms with Gasteiger partial charge in [-0.2, -0.15) is 0 Å². The number of carbonyl (C=O) groups excluding carboxylic acids is 1. The van der Waals surface area contributed by atoms with Crippen molar-refractivity contribution in [3.05, 3.63) is 40.4 Å². The third kappa shape index (κ3) is 2.75. The van der Waals surface area contributed by atoms with Crippen LogP contribution in [0.15, 0.2) is 18.2 Å². The molecule has 1 aliphatic rings. The van der Waals surface area contributed by atoms with Crippen LogP contribution in [0.5, 0.6) is 0 Å². The van der Waals surface area contributed by atoms with E-state index in [1.54, 1.807) is 12.1 Å². The fourth-order valence-corrected chi connectivity index (χ4v) is 3.31. The molecule has 24 heavy (non-hydrogen) atoms. The molecule has 2 heterocycles. The summed E-state index contributed by atoms with van der Waals surface area (Å²) in [7, 11) is 1.82. The number of halogens is 1. The first-order valence-corrected chi connectivity index (χ1v) is 8.53. The minimum absolute atomic E-state index is 0.0788. The van der Waals surface area contributed by atoms with E-state index >= 15 is 0 Å². The Morgan fingerprint density at radius 3 is 2.75 bits per heavy atom. The van der Waals surface area contributed by atoms with Gasteiger partial charge in [0, 0.05) is 31.7 Å². The lowest BCUT2D eigenvalue weighted by atomic mass is 10.1. The predicted octanol–water partition coefficient (Wildman–Crippen LogP) is 3.31. The number of nitrogens with zero attached hydrogens (tertiary/aromatic N) is 4. The van der Waals surface area contributed by atoms with Crippen LogP contribution in [0.2, 0.25) is 5.02 Å². The molecule has 128 valence electrons. The molecular weight excluding hydrogens is 326 g/mol. The second kappa shape index (κ2) is 6.43. The quantitative estimate of drug-likeness (QED) is 0.925. The van der Waals surface area contributed by atoms with E-state index in [4.69, 9.17) is 11.6 Å². The van der Waals surface area contributed by atoms with Gasteiger partial charge in [-0.05, 0) is 25.1 Å². The highest BCUT2D eigenvalue weighted by Crippen LogP contribution is 2.30. The highest BCUT2D eigenvalue weighted by atomic mass is 35.5. The van der Waals surface area contributed by atoms with Gasteiger partial charge in [0.1, 0.15) is 5.82 Å². The number of carbonyl (C=O) groups is 1. The molecule has 6 nitrogen and oxygen atoms in total. The molecule has 1 N–H and O–H groups in total. The first kappa shape index (κ1) is 16.8. The Bertz CT molecular complexity index is 770. The van der Waals surface area contributed by atoms with E-state index in [2.05, 4.69) is 33.9 Å². The lowest BCUT2D eigenvalue weighted by molar-refractivity contribution is 0.0636. The normalized spacial score (nSPS) is 17.1. The van der Waals surface area contributed by atoms with Gasteiger partial charge >= 0.3 is 0 Å². The van der Waals surface area contributed by atoms with Gasteiger partial charge in [0.05, 0.1) is 16.6 Å². The van der Waals surface area contributed by atoms with Crippen LogP contribution >= 0.6 is 11.6 Å². The van der Waals surface area contributed by atoms with Gasteiger partial charge in [-0.1, -0.05) is 25.4 Å². The van der Waals surface area contributed by atoms with Gasteiger partial charge in [-0.3, -0.25) is 4.79 Å². The molecular formula is C17H22ClN5O. The molecule has 1 aliphatic heterocycles. The summed E-state index contributed by atoms with van der Waals surface area (Å²) in [6.07, 6.45) is 0. The Kier molecular flexibility index (Phi) is 4.49. The minimum Gasteiger partial charge on any atom is -0.388 e. The summed E-state index contributed by atoms with van der Waals surface area (Å²) >= 11 is 6.25. The maximum atomic E-state index is 13.0. The number of amides is 1. The number of rotatable bonds is 3. The van der Waals surface area contributed by atoms with Gasteiger partial charge in [0.2, 0.25) is 0 Å². The number of fused-ring (bicyclic) bond motifs is 1. The Labute approximate surface area is 146 Å². The van der Waals surface area contributed by atoms with E-state index in [1.807, 2.05) is 24.9 Å². The van der Waals surface area contributed by atoms with Crippen molar-refractivity contribution in [3.63, 3.8) is 0 Å². The zero-order valence-electron chi connectivity index (χ0n) is 14.4. The smallest absolute Gasteiger partial charge is 0.256 e. The fraction of sp³-hybridized carbons (Fsp3) is 0.471. The maximum Gasteiger partial charge on any atom is 0.256 e. The summed E-state index contributed by atoms with van der Waals surface area (Å²) in [6.45, 7) is 7.50. The number of hydrogen-bond donors (Lipinski definition) is 1. The molecule has 3 rings (SSSR count). The van der Waals surface area contributed by atoms with Crippen molar-refractivity contribution in [2.24, 2.45) is 0 Å². The Balaban J connectivity index is 1.92. The van der Waals surface area contributed by atoms with Gasteiger partial charge in [-0.15, -0.1) is 10.2 Å². The first-order valence-electron chi connectivity index (χ1n) is 8.15. The number of benzene rings is 1. The van der Waals surface area contributed by atoms with Crippen LogP contribution in [-0.2, 0) is 6.54 Å². The summed E-state index contributed by atoms with van der Waals surface area (Å²) in [4.78, 5) is 14.8. The molecule has 1 amide bonds. The van der Waals surface area contributed by atoms with Crippen molar-refractivity contribution in [3.8, 4) is 0 Å². The Morgan fingerprint density at radius 1 is 1.33 bits per heavy atom. The van der Waals surface area contributed by atoms with Crippen LogP contribution in [0.25, 0.3) is 0 Å². The molecule has 0 saturated carbocycles.